The molecule has 5 rings (SSSR count). The van der Waals surface area contributed by atoms with Crippen LogP contribution in [0.25, 0.3) is 0 Å². The predicted octanol–water partition coefficient (Wildman–Crippen LogP) is 3.28. The number of nitrogens with one attached hydrogen (secondary N) is 1. The molecule has 0 spiro atoms. The minimum Gasteiger partial charge on any atom is -0.502 e. The van der Waals surface area contributed by atoms with E-state index in [0.717, 1.165) is 43.0 Å². The fourth-order valence-electron chi connectivity index (χ4n) is 4.69. The van der Waals surface area contributed by atoms with E-state index in [2.05, 4.69) is 33.9 Å². The smallest absolute Gasteiger partial charge is 0.253 e. The van der Waals surface area contributed by atoms with Crippen molar-refractivity contribution in [3.05, 3.63) is 93.5 Å². The number of hydrogen-bond donors (Lipinski definition) is 2. The van der Waals surface area contributed by atoms with Gasteiger partial charge in [-0.2, -0.15) is 0 Å². The number of benzene rings is 2. The van der Waals surface area contributed by atoms with Crippen molar-refractivity contribution in [1.82, 2.24) is 9.80 Å². The quantitative estimate of drug-likeness (QED) is 0.543. The van der Waals surface area contributed by atoms with Crippen LogP contribution in [0.4, 0.5) is 5.69 Å². The lowest BCUT2D eigenvalue weighted by molar-refractivity contribution is 0.0571. The Bertz CT molecular complexity index is 1450. The summed E-state index contributed by atoms with van der Waals surface area (Å²) in [6.45, 7) is 3.92. The number of amides is 1. The molecule has 1 aromatic heterocycles. The number of carbonyl (C=O) groups excluding carboxylic acids is 1. The van der Waals surface area contributed by atoms with Crippen LogP contribution in [-0.4, -0.2) is 53.0 Å². The van der Waals surface area contributed by atoms with Crippen LogP contribution in [0.15, 0.2) is 70.1 Å². The highest BCUT2D eigenvalue weighted by atomic mass is 16.4. The topological polar surface area (TPSA) is 86.0 Å². The van der Waals surface area contributed by atoms with E-state index in [4.69, 9.17) is 4.42 Å². The third kappa shape index (κ3) is 5.86. The van der Waals surface area contributed by atoms with Gasteiger partial charge in [0.05, 0.1) is 12.8 Å². The Morgan fingerprint density at radius 1 is 0.973 bits per heavy atom. The number of piperazine rings is 1. The van der Waals surface area contributed by atoms with E-state index < -0.39 is 5.43 Å². The van der Waals surface area contributed by atoms with Gasteiger partial charge >= 0.3 is 0 Å². The average molecular weight is 494 g/mol. The van der Waals surface area contributed by atoms with Crippen molar-refractivity contribution in [1.29, 1.82) is 0 Å². The van der Waals surface area contributed by atoms with Crippen LogP contribution in [-0.2, 0) is 6.54 Å². The maximum absolute atomic E-state index is 12.9. The summed E-state index contributed by atoms with van der Waals surface area (Å²) >= 11 is 0. The number of aromatic hydroxyl groups is 1. The maximum atomic E-state index is 12.9. The van der Waals surface area contributed by atoms with E-state index in [1.165, 1.54) is 25.2 Å². The third-order valence-corrected chi connectivity index (χ3v) is 6.75. The molecular formula is C30H27N3O4. The van der Waals surface area contributed by atoms with Crippen molar-refractivity contribution < 1.29 is 14.3 Å². The van der Waals surface area contributed by atoms with Gasteiger partial charge in [-0.05, 0) is 79.8 Å². The van der Waals surface area contributed by atoms with E-state index in [1.54, 1.807) is 0 Å². The molecule has 0 bridgehead atoms. The van der Waals surface area contributed by atoms with Crippen LogP contribution < -0.4 is 10.7 Å². The first-order valence-electron chi connectivity index (χ1n) is 12.4. The van der Waals surface area contributed by atoms with Crippen LogP contribution in [0, 0.1) is 23.7 Å². The standard InChI is InChI=1S/C30H27N3O4/c34-27-15-19-37-28(29(27)35)20-31-25-13-9-23(10-14-25)5-2-1-4-22-7-11-24(12-8-22)30(36)33-18-17-32-16-3-6-26(32)21-33/h7-15,19,26,31,35H,3,6,16-18,20-21H2. The van der Waals surface area contributed by atoms with Gasteiger partial charge in [0, 0.05) is 54.1 Å². The fraction of sp³-hybridized carbons (Fsp3) is 0.267. The largest absolute Gasteiger partial charge is 0.502 e. The van der Waals surface area contributed by atoms with Gasteiger partial charge in [0.1, 0.15) is 0 Å². The molecule has 0 aliphatic carbocycles. The van der Waals surface area contributed by atoms with Crippen molar-refractivity contribution in [3.8, 4) is 29.4 Å². The third-order valence-electron chi connectivity index (χ3n) is 6.75. The lowest BCUT2D eigenvalue weighted by atomic mass is 10.1. The van der Waals surface area contributed by atoms with Crippen molar-refractivity contribution in [2.75, 3.05) is 31.5 Å². The molecule has 37 heavy (non-hydrogen) atoms. The molecule has 2 aromatic carbocycles. The SMILES string of the molecule is O=C(c1ccc(C#CC#Cc2ccc(NCc3occc(=O)c3O)cc2)cc1)N1CCN2CCCC2C1. The highest BCUT2D eigenvalue weighted by Crippen LogP contribution is 2.22. The summed E-state index contributed by atoms with van der Waals surface area (Å²) in [6.07, 6.45) is 3.67. The van der Waals surface area contributed by atoms with Crippen molar-refractivity contribution in [2.45, 2.75) is 25.4 Å². The minimum absolute atomic E-state index is 0.0916. The van der Waals surface area contributed by atoms with Crippen LogP contribution >= 0.6 is 0 Å². The summed E-state index contributed by atoms with van der Waals surface area (Å²) in [5, 5.41) is 12.8. The van der Waals surface area contributed by atoms with E-state index in [0.29, 0.717) is 11.6 Å². The van der Waals surface area contributed by atoms with Crippen molar-refractivity contribution >= 4 is 11.6 Å². The zero-order valence-corrected chi connectivity index (χ0v) is 20.4. The summed E-state index contributed by atoms with van der Waals surface area (Å²) in [5.41, 5.74) is 2.62. The summed E-state index contributed by atoms with van der Waals surface area (Å²) in [5.74, 6) is 11.6. The van der Waals surface area contributed by atoms with Gasteiger partial charge in [0.25, 0.3) is 5.91 Å². The Morgan fingerprint density at radius 2 is 1.68 bits per heavy atom. The molecule has 2 saturated heterocycles. The molecule has 3 aromatic rings. The Kier molecular flexibility index (Phi) is 7.26. The highest BCUT2D eigenvalue weighted by molar-refractivity contribution is 5.94. The number of nitrogens with zero attached hydrogens (tertiary/aromatic N) is 2. The van der Waals surface area contributed by atoms with Crippen LogP contribution in [0.2, 0.25) is 0 Å². The van der Waals surface area contributed by atoms with Crippen LogP contribution in [0.5, 0.6) is 5.75 Å². The summed E-state index contributed by atoms with van der Waals surface area (Å²) in [6, 6.07) is 16.5. The number of carbonyl (C=O) groups is 1. The molecule has 1 atom stereocenters. The fourth-order valence-corrected chi connectivity index (χ4v) is 4.69. The highest BCUT2D eigenvalue weighted by Gasteiger charge is 2.32. The lowest BCUT2D eigenvalue weighted by Crippen LogP contribution is -2.52. The molecule has 7 heteroatoms. The lowest BCUT2D eigenvalue weighted by Gasteiger charge is -2.37. The zero-order chi connectivity index (χ0) is 25.6. The zero-order valence-electron chi connectivity index (χ0n) is 20.4. The minimum atomic E-state index is -0.475. The second kappa shape index (κ2) is 11.1. The molecule has 2 aliphatic rings. The Morgan fingerprint density at radius 3 is 2.41 bits per heavy atom. The summed E-state index contributed by atoms with van der Waals surface area (Å²) in [4.78, 5) is 28.8. The molecule has 2 fully saturated rings. The van der Waals surface area contributed by atoms with Crippen molar-refractivity contribution in [3.63, 3.8) is 0 Å². The molecule has 2 aliphatic heterocycles. The number of rotatable bonds is 4. The van der Waals surface area contributed by atoms with Crippen LogP contribution in [0.1, 0.15) is 40.1 Å². The predicted molar refractivity (Wildman–Crippen MR) is 141 cm³/mol. The Labute approximate surface area is 215 Å². The monoisotopic (exact) mass is 493 g/mol. The Hall–Kier alpha value is -4.46. The molecule has 0 radical (unpaired) electrons. The van der Waals surface area contributed by atoms with E-state index in [1.807, 2.05) is 53.4 Å². The van der Waals surface area contributed by atoms with Gasteiger partial charge in [0.2, 0.25) is 11.2 Å². The molecule has 186 valence electrons. The Balaban J connectivity index is 1.14. The average Bonchev–Trinajstić information content (AvgIpc) is 3.41. The van der Waals surface area contributed by atoms with Gasteiger partial charge in [-0.1, -0.05) is 11.8 Å². The van der Waals surface area contributed by atoms with Crippen LogP contribution in [0.3, 0.4) is 0 Å². The number of anilines is 1. The van der Waals surface area contributed by atoms with E-state index in [-0.39, 0.29) is 24.0 Å². The van der Waals surface area contributed by atoms with Gasteiger partial charge < -0.3 is 19.7 Å². The summed E-state index contributed by atoms with van der Waals surface area (Å²) in [7, 11) is 0. The van der Waals surface area contributed by atoms with E-state index in [9.17, 15) is 14.7 Å². The summed E-state index contributed by atoms with van der Waals surface area (Å²) < 4.78 is 5.18. The normalized spacial score (nSPS) is 16.6. The first kappa shape index (κ1) is 24.2. The van der Waals surface area contributed by atoms with Gasteiger partial charge in [0.15, 0.2) is 5.76 Å². The molecule has 1 amide bonds. The maximum Gasteiger partial charge on any atom is 0.253 e. The van der Waals surface area contributed by atoms with Crippen molar-refractivity contribution in [2.24, 2.45) is 0 Å². The van der Waals surface area contributed by atoms with Gasteiger partial charge in [-0.15, -0.1) is 0 Å². The molecule has 7 nitrogen and oxygen atoms in total. The number of hydrogen-bond acceptors (Lipinski definition) is 6. The molecule has 2 N–H and O–H groups in total. The second-order valence-corrected chi connectivity index (χ2v) is 9.15. The molecule has 1 unspecified atom stereocenters. The second-order valence-electron chi connectivity index (χ2n) is 9.15. The molecule has 0 saturated carbocycles. The van der Waals surface area contributed by atoms with E-state index >= 15 is 0 Å². The van der Waals surface area contributed by atoms with Gasteiger partial charge in [-0.25, -0.2) is 0 Å². The first-order chi connectivity index (χ1) is 18.1. The van der Waals surface area contributed by atoms with Gasteiger partial charge in [-0.3, -0.25) is 14.5 Å². The molecule has 3 heterocycles. The molecular weight excluding hydrogens is 466 g/mol. The first-order valence-corrected chi connectivity index (χ1v) is 12.4. The number of fused-ring (bicyclic) bond motifs is 1.